The molecule has 1 N–H and O–H groups in total. The molecule has 0 radical (unpaired) electrons. The van der Waals surface area contributed by atoms with E-state index in [0.717, 1.165) is 35.8 Å². The molecule has 0 aliphatic rings. The molecule has 4 nitrogen and oxygen atoms in total. The van der Waals surface area contributed by atoms with Crippen LogP contribution in [0, 0.1) is 6.92 Å². The molecule has 17 heavy (non-hydrogen) atoms. The van der Waals surface area contributed by atoms with Crippen molar-refractivity contribution >= 4 is 15.9 Å². The van der Waals surface area contributed by atoms with Gasteiger partial charge in [0, 0.05) is 13.6 Å². The average molecular weight is 303 g/mol. The molecule has 0 saturated carbocycles. The minimum atomic E-state index is 0.323. The molecule has 1 atom stereocenters. The monoisotopic (exact) mass is 302 g/mol. The van der Waals surface area contributed by atoms with Gasteiger partial charge in [-0.15, -0.1) is 0 Å². The van der Waals surface area contributed by atoms with Crippen LogP contribution in [0.25, 0.3) is 0 Å². The summed E-state index contributed by atoms with van der Waals surface area (Å²) in [6.45, 7) is 9.39. The first-order chi connectivity index (χ1) is 8.06. The van der Waals surface area contributed by atoms with E-state index in [2.05, 4.69) is 49.5 Å². The van der Waals surface area contributed by atoms with E-state index in [-0.39, 0.29) is 0 Å². The highest BCUT2D eigenvalue weighted by Crippen LogP contribution is 2.27. The second-order valence-corrected chi connectivity index (χ2v) is 4.94. The number of likely N-dealkylation sites (N-methyl/N-ethyl adjacent to an activating group) is 2. The van der Waals surface area contributed by atoms with Gasteiger partial charge in [0.1, 0.15) is 10.4 Å². The summed E-state index contributed by atoms with van der Waals surface area (Å²) >= 11 is 3.64. The summed E-state index contributed by atoms with van der Waals surface area (Å²) in [5.74, 6) is 1.04. The van der Waals surface area contributed by atoms with Crippen LogP contribution in [-0.4, -0.2) is 41.1 Å². The van der Waals surface area contributed by atoms with Crippen LogP contribution >= 0.6 is 15.9 Å². The molecule has 1 rings (SSSR count). The van der Waals surface area contributed by atoms with Gasteiger partial charge in [0.15, 0.2) is 0 Å². The van der Waals surface area contributed by atoms with Gasteiger partial charge < -0.3 is 9.88 Å². The number of imidazole rings is 1. The standard InChI is InChI=1S/C12H23BrN4/c1-6-17(7-2)10(8-14-4)11-12(13)16(5)9(3)15-11/h10,14H,6-8H2,1-5H3. The maximum atomic E-state index is 4.68. The summed E-state index contributed by atoms with van der Waals surface area (Å²) in [5, 5.41) is 3.26. The summed E-state index contributed by atoms with van der Waals surface area (Å²) in [6, 6.07) is 0.323. The topological polar surface area (TPSA) is 33.1 Å². The third kappa shape index (κ3) is 3.09. The van der Waals surface area contributed by atoms with Crippen LogP contribution in [0.3, 0.4) is 0 Å². The first-order valence-corrected chi connectivity index (χ1v) is 6.93. The van der Waals surface area contributed by atoms with Crippen LogP contribution in [0.15, 0.2) is 4.60 Å². The lowest BCUT2D eigenvalue weighted by Gasteiger charge is -2.28. The fourth-order valence-electron chi connectivity index (χ4n) is 2.08. The van der Waals surface area contributed by atoms with E-state index >= 15 is 0 Å². The third-order valence-corrected chi connectivity index (χ3v) is 4.18. The second-order valence-electron chi connectivity index (χ2n) is 4.19. The van der Waals surface area contributed by atoms with Crippen molar-refractivity contribution in [1.82, 2.24) is 19.8 Å². The van der Waals surface area contributed by atoms with Crippen LogP contribution < -0.4 is 5.32 Å². The summed E-state index contributed by atoms with van der Waals surface area (Å²) in [6.07, 6.45) is 0. The first-order valence-electron chi connectivity index (χ1n) is 6.14. The number of halogens is 1. The van der Waals surface area contributed by atoms with E-state index in [9.17, 15) is 0 Å². The normalized spacial score (nSPS) is 13.4. The lowest BCUT2D eigenvalue weighted by molar-refractivity contribution is 0.211. The number of nitrogens with one attached hydrogen (secondary N) is 1. The molecule has 0 aliphatic heterocycles. The third-order valence-electron chi connectivity index (χ3n) is 3.24. The van der Waals surface area contributed by atoms with Gasteiger partial charge in [-0.25, -0.2) is 4.98 Å². The molecule has 1 heterocycles. The molecule has 0 aliphatic carbocycles. The van der Waals surface area contributed by atoms with E-state index in [0.29, 0.717) is 6.04 Å². The van der Waals surface area contributed by atoms with E-state index in [4.69, 9.17) is 0 Å². The van der Waals surface area contributed by atoms with Gasteiger partial charge in [-0.05, 0) is 43.0 Å². The molecule has 0 spiro atoms. The zero-order chi connectivity index (χ0) is 13.0. The van der Waals surface area contributed by atoms with Crippen LogP contribution in [0.4, 0.5) is 0 Å². The van der Waals surface area contributed by atoms with Gasteiger partial charge in [0.25, 0.3) is 0 Å². The molecule has 0 saturated heterocycles. The molecule has 1 aromatic rings. The smallest absolute Gasteiger partial charge is 0.109 e. The van der Waals surface area contributed by atoms with Crippen molar-refractivity contribution in [3.05, 3.63) is 16.1 Å². The number of nitrogens with zero attached hydrogens (tertiary/aromatic N) is 3. The van der Waals surface area contributed by atoms with Crippen LogP contribution in [0.2, 0.25) is 0 Å². The average Bonchev–Trinajstić information content (AvgIpc) is 2.57. The summed E-state index contributed by atoms with van der Waals surface area (Å²) < 4.78 is 3.17. The minimum absolute atomic E-state index is 0.323. The molecule has 5 heteroatoms. The molecule has 0 aromatic carbocycles. The van der Waals surface area contributed by atoms with Gasteiger partial charge in [-0.3, -0.25) is 4.90 Å². The Bertz CT molecular complexity index is 358. The molecule has 0 bridgehead atoms. The first kappa shape index (κ1) is 14.7. The number of hydrogen-bond acceptors (Lipinski definition) is 3. The maximum absolute atomic E-state index is 4.68. The van der Waals surface area contributed by atoms with E-state index in [1.807, 2.05) is 21.0 Å². The van der Waals surface area contributed by atoms with Crippen LogP contribution in [-0.2, 0) is 7.05 Å². The second kappa shape index (κ2) is 6.52. The van der Waals surface area contributed by atoms with Crippen molar-refractivity contribution in [3.63, 3.8) is 0 Å². The molecular weight excluding hydrogens is 280 g/mol. The number of rotatable bonds is 6. The Morgan fingerprint density at radius 1 is 1.41 bits per heavy atom. The van der Waals surface area contributed by atoms with E-state index in [1.165, 1.54) is 0 Å². The van der Waals surface area contributed by atoms with Crippen molar-refractivity contribution in [2.75, 3.05) is 26.7 Å². The lowest BCUT2D eigenvalue weighted by Crippen LogP contribution is -2.35. The number of aryl methyl sites for hydroxylation is 1. The van der Waals surface area contributed by atoms with Gasteiger partial charge in [0.05, 0.1) is 11.7 Å². The zero-order valence-electron chi connectivity index (χ0n) is 11.4. The van der Waals surface area contributed by atoms with Crippen LogP contribution in [0.1, 0.15) is 31.4 Å². The van der Waals surface area contributed by atoms with Crippen molar-refractivity contribution in [2.45, 2.75) is 26.8 Å². The maximum Gasteiger partial charge on any atom is 0.109 e. The molecule has 1 unspecified atom stereocenters. The molecular formula is C12H23BrN4. The zero-order valence-corrected chi connectivity index (χ0v) is 13.0. The summed E-state index contributed by atoms with van der Waals surface area (Å²) in [5.41, 5.74) is 1.13. The molecule has 0 amide bonds. The Balaban J connectivity index is 3.08. The summed E-state index contributed by atoms with van der Waals surface area (Å²) in [4.78, 5) is 7.10. The predicted octanol–water partition coefficient (Wildman–Crippen LogP) is 2.09. The highest BCUT2D eigenvalue weighted by atomic mass is 79.9. The van der Waals surface area contributed by atoms with Gasteiger partial charge in [0.2, 0.25) is 0 Å². The Hall–Kier alpha value is -0.390. The SMILES string of the molecule is CCN(CC)C(CNC)c1nc(C)n(C)c1Br. The highest BCUT2D eigenvalue weighted by Gasteiger charge is 2.23. The van der Waals surface area contributed by atoms with Crippen molar-refractivity contribution < 1.29 is 0 Å². The molecule has 98 valence electrons. The lowest BCUT2D eigenvalue weighted by atomic mass is 10.2. The van der Waals surface area contributed by atoms with Gasteiger partial charge in [-0.1, -0.05) is 13.8 Å². The molecule has 0 fully saturated rings. The Labute approximate surface area is 113 Å². The fourth-order valence-corrected chi connectivity index (χ4v) is 2.69. The van der Waals surface area contributed by atoms with Crippen LogP contribution in [0.5, 0.6) is 0 Å². The predicted molar refractivity (Wildman–Crippen MR) is 75.2 cm³/mol. The Kier molecular flexibility index (Phi) is 5.62. The van der Waals surface area contributed by atoms with Gasteiger partial charge in [-0.2, -0.15) is 0 Å². The number of aromatic nitrogens is 2. The Morgan fingerprint density at radius 2 is 2.00 bits per heavy atom. The Morgan fingerprint density at radius 3 is 2.35 bits per heavy atom. The number of hydrogen-bond donors (Lipinski definition) is 1. The van der Waals surface area contributed by atoms with Gasteiger partial charge >= 0.3 is 0 Å². The quantitative estimate of drug-likeness (QED) is 0.873. The highest BCUT2D eigenvalue weighted by molar-refractivity contribution is 9.10. The van der Waals surface area contributed by atoms with E-state index < -0.39 is 0 Å². The molecule has 1 aromatic heterocycles. The summed E-state index contributed by atoms with van der Waals surface area (Å²) in [7, 11) is 4.02. The minimum Gasteiger partial charge on any atom is -0.326 e. The van der Waals surface area contributed by atoms with E-state index in [1.54, 1.807) is 0 Å². The van der Waals surface area contributed by atoms with Crippen molar-refractivity contribution in [3.8, 4) is 0 Å². The van der Waals surface area contributed by atoms with Crippen molar-refractivity contribution in [1.29, 1.82) is 0 Å². The largest absolute Gasteiger partial charge is 0.326 e. The fraction of sp³-hybridized carbons (Fsp3) is 0.750. The van der Waals surface area contributed by atoms with Crippen molar-refractivity contribution in [2.24, 2.45) is 7.05 Å².